The summed E-state index contributed by atoms with van der Waals surface area (Å²) in [4.78, 5) is 18.0. The van der Waals surface area contributed by atoms with E-state index in [-0.39, 0.29) is 0 Å². The summed E-state index contributed by atoms with van der Waals surface area (Å²) in [6, 6.07) is 11.8. The molecule has 0 unspecified atom stereocenters. The first-order valence-electron chi connectivity index (χ1n) is 10.8. The lowest BCUT2D eigenvalue weighted by Crippen LogP contribution is -2.49. The number of benzene rings is 1. The molecule has 1 fully saturated rings. The second-order valence-corrected chi connectivity index (χ2v) is 7.08. The van der Waals surface area contributed by atoms with Crippen molar-refractivity contribution >= 4 is 11.9 Å². The lowest BCUT2D eigenvalue weighted by molar-refractivity contribution is 0.260. The van der Waals surface area contributed by atoms with Crippen molar-refractivity contribution in [2.75, 3.05) is 63.9 Å². The molecule has 1 aromatic heterocycles. The van der Waals surface area contributed by atoms with Crippen LogP contribution in [0.5, 0.6) is 5.75 Å². The number of piperazine rings is 1. The lowest BCUT2D eigenvalue weighted by atomic mass is 10.3. The molecule has 0 spiro atoms. The number of aromatic nitrogens is 2. The van der Waals surface area contributed by atoms with Gasteiger partial charge in [0.05, 0.1) is 6.61 Å². The van der Waals surface area contributed by atoms with Crippen LogP contribution in [-0.4, -0.2) is 79.8 Å². The summed E-state index contributed by atoms with van der Waals surface area (Å²) in [6.07, 6.45) is 4.48. The summed E-state index contributed by atoms with van der Waals surface area (Å²) in [5.41, 5.74) is 0. The van der Waals surface area contributed by atoms with Gasteiger partial charge in [0.25, 0.3) is 0 Å². The Hall–Kier alpha value is -2.87. The minimum absolute atomic E-state index is 0.669. The molecule has 1 aliphatic heterocycles. The quantitative estimate of drug-likeness (QED) is 0.349. The van der Waals surface area contributed by atoms with Gasteiger partial charge in [-0.15, -0.1) is 0 Å². The fourth-order valence-corrected chi connectivity index (χ4v) is 3.26. The highest BCUT2D eigenvalue weighted by Crippen LogP contribution is 2.09. The van der Waals surface area contributed by atoms with E-state index in [9.17, 15) is 0 Å². The van der Waals surface area contributed by atoms with Gasteiger partial charge in [-0.05, 0) is 25.1 Å². The zero-order valence-electron chi connectivity index (χ0n) is 17.8. The first-order chi connectivity index (χ1) is 14.8. The predicted octanol–water partition coefficient (Wildman–Crippen LogP) is 1.62. The summed E-state index contributed by atoms with van der Waals surface area (Å²) in [5, 5.41) is 6.75. The summed E-state index contributed by atoms with van der Waals surface area (Å²) in [6.45, 7) is 10.1. The normalized spacial score (nSPS) is 15.1. The van der Waals surface area contributed by atoms with Gasteiger partial charge in [-0.25, -0.2) is 9.97 Å². The Morgan fingerprint density at radius 3 is 2.53 bits per heavy atom. The molecule has 8 nitrogen and oxygen atoms in total. The molecule has 3 rings (SSSR count). The fraction of sp³-hybridized carbons (Fsp3) is 0.500. The van der Waals surface area contributed by atoms with Gasteiger partial charge in [-0.1, -0.05) is 18.2 Å². The van der Waals surface area contributed by atoms with Crippen LogP contribution in [0.2, 0.25) is 0 Å². The van der Waals surface area contributed by atoms with E-state index in [2.05, 4.69) is 42.3 Å². The number of guanidine groups is 1. The molecule has 0 aliphatic carbocycles. The molecule has 0 bridgehead atoms. The summed E-state index contributed by atoms with van der Waals surface area (Å²) in [7, 11) is 0. The van der Waals surface area contributed by atoms with Crippen LogP contribution in [0, 0.1) is 0 Å². The average Bonchev–Trinajstić information content (AvgIpc) is 2.80. The van der Waals surface area contributed by atoms with Crippen molar-refractivity contribution in [2.45, 2.75) is 13.3 Å². The number of aliphatic imine (C=N–C) groups is 1. The van der Waals surface area contributed by atoms with Crippen molar-refractivity contribution in [1.29, 1.82) is 0 Å². The monoisotopic (exact) mass is 411 g/mol. The maximum absolute atomic E-state index is 5.72. The van der Waals surface area contributed by atoms with Gasteiger partial charge < -0.3 is 20.3 Å². The molecule has 2 N–H and O–H groups in total. The average molecular weight is 412 g/mol. The Kier molecular flexibility index (Phi) is 9.20. The van der Waals surface area contributed by atoms with Crippen LogP contribution in [0.1, 0.15) is 13.3 Å². The molecule has 2 heterocycles. The number of rotatable bonds is 10. The van der Waals surface area contributed by atoms with Gasteiger partial charge in [0, 0.05) is 71.2 Å². The van der Waals surface area contributed by atoms with E-state index >= 15 is 0 Å². The van der Waals surface area contributed by atoms with Crippen molar-refractivity contribution < 1.29 is 4.74 Å². The van der Waals surface area contributed by atoms with Crippen LogP contribution in [0.15, 0.2) is 53.8 Å². The van der Waals surface area contributed by atoms with Gasteiger partial charge >= 0.3 is 0 Å². The maximum Gasteiger partial charge on any atom is 0.225 e. The predicted molar refractivity (Wildman–Crippen MR) is 121 cm³/mol. The van der Waals surface area contributed by atoms with E-state index < -0.39 is 0 Å². The van der Waals surface area contributed by atoms with Gasteiger partial charge in [0.15, 0.2) is 5.96 Å². The van der Waals surface area contributed by atoms with Crippen LogP contribution in [0.3, 0.4) is 0 Å². The lowest BCUT2D eigenvalue weighted by Gasteiger charge is -2.34. The van der Waals surface area contributed by atoms with Gasteiger partial charge in [0.1, 0.15) is 5.75 Å². The molecule has 0 amide bonds. The third-order valence-corrected chi connectivity index (χ3v) is 4.86. The first kappa shape index (κ1) is 21.8. The number of hydrogen-bond acceptors (Lipinski definition) is 6. The summed E-state index contributed by atoms with van der Waals surface area (Å²) in [5.74, 6) is 2.60. The van der Waals surface area contributed by atoms with Crippen LogP contribution in [-0.2, 0) is 0 Å². The highest BCUT2D eigenvalue weighted by Gasteiger charge is 2.18. The van der Waals surface area contributed by atoms with Gasteiger partial charge in [-0.2, -0.15) is 0 Å². The Morgan fingerprint density at radius 1 is 1.03 bits per heavy atom. The topological polar surface area (TPSA) is 77.9 Å². The molecule has 1 aromatic carbocycles. The van der Waals surface area contributed by atoms with Crippen molar-refractivity contribution in [3.05, 3.63) is 48.8 Å². The molecule has 2 aromatic rings. The number of para-hydroxylation sites is 1. The van der Waals surface area contributed by atoms with Crippen molar-refractivity contribution in [3.63, 3.8) is 0 Å². The van der Waals surface area contributed by atoms with E-state index in [4.69, 9.17) is 4.74 Å². The van der Waals surface area contributed by atoms with Gasteiger partial charge in [-0.3, -0.25) is 9.89 Å². The van der Waals surface area contributed by atoms with Gasteiger partial charge in [0.2, 0.25) is 5.95 Å². The molecule has 162 valence electrons. The second-order valence-electron chi connectivity index (χ2n) is 7.08. The van der Waals surface area contributed by atoms with Crippen molar-refractivity contribution in [2.24, 2.45) is 4.99 Å². The van der Waals surface area contributed by atoms with Crippen LogP contribution < -0.4 is 20.3 Å². The van der Waals surface area contributed by atoms with Crippen molar-refractivity contribution in [3.8, 4) is 5.75 Å². The Morgan fingerprint density at radius 2 is 1.80 bits per heavy atom. The van der Waals surface area contributed by atoms with E-state index in [1.165, 1.54) is 0 Å². The number of nitrogens with one attached hydrogen (secondary N) is 2. The van der Waals surface area contributed by atoms with Crippen LogP contribution in [0.4, 0.5) is 5.95 Å². The molecule has 1 saturated heterocycles. The van der Waals surface area contributed by atoms with E-state index in [1.54, 1.807) is 12.4 Å². The van der Waals surface area contributed by atoms with Crippen LogP contribution in [0.25, 0.3) is 0 Å². The molecule has 8 heteroatoms. The standard InChI is InChI=1S/C22H33N7O/c1-2-23-21(24-12-7-19-30-20-8-4-3-5-9-20)25-13-14-28-15-17-29(18-16-28)22-26-10-6-11-27-22/h3-6,8-11H,2,7,12-19H2,1H3,(H2,23,24,25). The number of hydrogen-bond donors (Lipinski definition) is 2. The Labute approximate surface area is 179 Å². The molecule has 0 saturated carbocycles. The first-order valence-corrected chi connectivity index (χ1v) is 10.8. The Bertz CT molecular complexity index is 734. The zero-order chi connectivity index (χ0) is 20.9. The Balaban J connectivity index is 1.31. The summed E-state index contributed by atoms with van der Waals surface area (Å²) >= 11 is 0. The van der Waals surface area contributed by atoms with E-state index in [1.807, 2.05) is 36.4 Å². The third-order valence-electron chi connectivity index (χ3n) is 4.86. The summed E-state index contributed by atoms with van der Waals surface area (Å²) < 4.78 is 5.72. The molecular weight excluding hydrogens is 378 g/mol. The van der Waals surface area contributed by atoms with E-state index in [0.717, 1.165) is 76.4 Å². The third kappa shape index (κ3) is 7.51. The highest BCUT2D eigenvalue weighted by atomic mass is 16.5. The zero-order valence-corrected chi connectivity index (χ0v) is 17.8. The molecule has 1 aliphatic rings. The highest BCUT2D eigenvalue weighted by molar-refractivity contribution is 5.79. The van der Waals surface area contributed by atoms with Crippen LogP contribution >= 0.6 is 0 Å². The van der Waals surface area contributed by atoms with Crippen molar-refractivity contribution in [1.82, 2.24) is 25.5 Å². The smallest absolute Gasteiger partial charge is 0.225 e. The largest absolute Gasteiger partial charge is 0.494 e. The SMILES string of the molecule is CCNC(=NCCCOc1ccccc1)NCCN1CCN(c2ncccn2)CC1. The number of nitrogens with zero attached hydrogens (tertiary/aromatic N) is 5. The fourth-order valence-electron chi connectivity index (χ4n) is 3.26. The molecule has 0 radical (unpaired) electrons. The second kappa shape index (κ2) is 12.6. The number of anilines is 1. The van der Waals surface area contributed by atoms with E-state index in [0.29, 0.717) is 6.61 Å². The molecule has 30 heavy (non-hydrogen) atoms. The number of ether oxygens (including phenoxy) is 1. The maximum atomic E-state index is 5.72. The molecular formula is C22H33N7O. The molecule has 0 atom stereocenters. The minimum atomic E-state index is 0.669. The minimum Gasteiger partial charge on any atom is -0.494 e.